The molecule has 0 fully saturated rings. The van der Waals surface area contributed by atoms with Crippen LogP contribution in [0, 0.1) is 0 Å². The summed E-state index contributed by atoms with van der Waals surface area (Å²) in [6.07, 6.45) is 2.61. The smallest absolute Gasteiger partial charge is 0.145 e. The number of hydrogen-bond acceptors (Lipinski definition) is 5. The number of nitrogens with one attached hydrogen (secondary N) is 1. The Balaban J connectivity index is 2.43. The van der Waals surface area contributed by atoms with E-state index in [2.05, 4.69) is 57.0 Å². The summed E-state index contributed by atoms with van der Waals surface area (Å²) in [7, 11) is 2.12. The molecular formula is C11H20BrN5. The highest BCUT2D eigenvalue weighted by atomic mass is 79.9. The van der Waals surface area contributed by atoms with Crippen molar-refractivity contribution in [3.05, 3.63) is 10.8 Å². The number of nitrogens with zero attached hydrogens (tertiary/aromatic N) is 3. The Morgan fingerprint density at radius 3 is 2.88 bits per heavy atom. The van der Waals surface area contributed by atoms with Crippen molar-refractivity contribution < 1.29 is 0 Å². The van der Waals surface area contributed by atoms with Crippen LogP contribution in [0.4, 0.5) is 11.6 Å². The standard InChI is InChI=1S/C11H20BrN5/c1-4-8(2)17(3)6-5-14-11-9(12)10(13)15-7-16-11/h7-8H,4-6H2,1-3H3,(H3,13,14,15,16). The molecule has 1 aromatic rings. The molecule has 0 amide bonds. The third-order valence-electron chi connectivity index (χ3n) is 2.92. The van der Waals surface area contributed by atoms with Crippen LogP contribution in [-0.2, 0) is 0 Å². The maximum absolute atomic E-state index is 5.67. The zero-order valence-corrected chi connectivity index (χ0v) is 12.2. The van der Waals surface area contributed by atoms with Gasteiger partial charge in [0.15, 0.2) is 0 Å². The Labute approximate surface area is 111 Å². The molecule has 5 nitrogen and oxygen atoms in total. The minimum atomic E-state index is 0.456. The van der Waals surface area contributed by atoms with E-state index in [1.165, 1.54) is 6.33 Å². The first-order chi connectivity index (χ1) is 8.06. The van der Waals surface area contributed by atoms with Gasteiger partial charge in [0.2, 0.25) is 0 Å². The highest BCUT2D eigenvalue weighted by molar-refractivity contribution is 9.10. The number of hydrogen-bond donors (Lipinski definition) is 2. The molecule has 0 aliphatic rings. The van der Waals surface area contributed by atoms with E-state index in [1.54, 1.807) is 0 Å². The SMILES string of the molecule is CCC(C)N(C)CCNc1ncnc(N)c1Br. The second-order valence-electron chi connectivity index (χ2n) is 4.09. The molecule has 0 saturated carbocycles. The maximum Gasteiger partial charge on any atom is 0.145 e. The fraction of sp³-hybridized carbons (Fsp3) is 0.636. The van der Waals surface area contributed by atoms with Crippen LogP contribution in [0.5, 0.6) is 0 Å². The first-order valence-electron chi connectivity index (χ1n) is 5.76. The van der Waals surface area contributed by atoms with E-state index in [0.29, 0.717) is 11.9 Å². The minimum Gasteiger partial charge on any atom is -0.383 e. The molecule has 1 rings (SSSR count). The maximum atomic E-state index is 5.67. The van der Waals surface area contributed by atoms with Gasteiger partial charge in [-0.15, -0.1) is 0 Å². The lowest BCUT2D eigenvalue weighted by molar-refractivity contribution is 0.261. The van der Waals surface area contributed by atoms with Gasteiger partial charge in [-0.1, -0.05) is 6.92 Å². The summed E-state index contributed by atoms with van der Waals surface area (Å²) in [5.74, 6) is 1.20. The predicted octanol–water partition coefficient (Wildman–Crippen LogP) is 1.96. The normalized spacial score (nSPS) is 12.8. The average molecular weight is 302 g/mol. The van der Waals surface area contributed by atoms with Gasteiger partial charge in [-0.25, -0.2) is 9.97 Å². The van der Waals surface area contributed by atoms with Crippen molar-refractivity contribution >= 4 is 27.6 Å². The van der Waals surface area contributed by atoms with Crippen LogP contribution in [0.2, 0.25) is 0 Å². The van der Waals surface area contributed by atoms with E-state index >= 15 is 0 Å². The molecule has 1 atom stereocenters. The van der Waals surface area contributed by atoms with Crippen LogP contribution in [-0.4, -0.2) is 41.0 Å². The first kappa shape index (κ1) is 14.2. The lowest BCUT2D eigenvalue weighted by Gasteiger charge is -2.23. The van der Waals surface area contributed by atoms with Gasteiger partial charge in [-0.05, 0) is 36.3 Å². The van der Waals surface area contributed by atoms with Gasteiger partial charge in [0, 0.05) is 19.1 Å². The van der Waals surface area contributed by atoms with Crippen LogP contribution >= 0.6 is 15.9 Å². The van der Waals surface area contributed by atoms with Crippen molar-refractivity contribution in [3.8, 4) is 0 Å². The molecule has 0 bridgehead atoms. The topological polar surface area (TPSA) is 67.1 Å². The third kappa shape index (κ3) is 4.12. The second kappa shape index (κ2) is 6.76. The molecule has 0 aliphatic heterocycles. The predicted molar refractivity (Wildman–Crippen MR) is 75.0 cm³/mol. The van der Waals surface area contributed by atoms with E-state index in [1.807, 2.05) is 0 Å². The van der Waals surface area contributed by atoms with Crippen LogP contribution in [0.1, 0.15) is 20.3 Å². The van der Waals surface area contributed by atoms with Crippen LogP contribution in [0.15, 0.2) is 10.8 Å². The second-order valence-corrected chi connectivity index (χ2v) is 4.88. The van der Waals surface area contributed by atoms with Crippen molar-refractivity contribution in [1.29, 1.82) is 0 Å². The molecule has 0 aliphatic carbocycles. The molecule has 17 heavy (non-hydrogen) atoms. The van der Waals surface area contributed by atoms with Crippen LogP contribution in [0.25, 0.3) is 0 Å². The van der Waals surface area contributed by atoms with E-state index in [9.17, 15) is 0 Å². The van der Waals surface area contributed by atoms with Gasteiger partial charge in [0.05, 0.1) is 0 Å². The molecule has 0 spiro atoms. The molecule has 1 heterocycles. The number of halogens is 1. The van der Waals surface area contributed by atoms with Gasteiger partial charge in [0.25, 0.3) is 0 Å². The molecule has 0 saturated heterocycles. The monoisotopic (exact) mass is 301 g/mol. The molecule has 0 radical (unpaired) electrons. The fourth-order valence-electron chi connectivity index (χ4n) is 1.39. The van der Waals surface area contributed by atoms with E-state index < -0.39 is 0 Å². The zero-order chi connectivity index (χ0) is 12.8. The number of aromatic nitrogens is 2. The molecule has 1 aromatic heterocycles. The summed E-state index contributed by atoms with van der Waals surface area (Å²) in [5, 5.41) is 3.24. The van der Waals surface area contributed by atoms with Gasteiger partial charge < -0.3 is 16.0 Å². The highest BCUT2D eigenvalue weighted by Crippen LogP contribution is 2.23. The lowest BCUT2D eigenvalue weighted by Crippen LogP contribution is -2.32. The summed E-state index contributed by atoms with van der Waals surface area (Å²) in [6, 6.07) is 0.593. The largest absolute Gasteiger partial charge is 0.383 e. The third-order valence-corrected chi connectivity index (χ3v) is 3.70. The molecule has 96 valence electrons. The summed E-state index contributed by atoms with van der Waals surface area (Å²) in [5.41, 5.74) is 5.67. The Kier molecular flexibility index (Phi) is 5.64. The van der Waals surface area contributed by atoms with Crippen molar-refractivity contribution in [3.63, 3.8) is 0 Å². The quantitative estimate of drug-likeness (QED) is 0.841. The average Bonchev–Trinajstić information content (AvgIpc) is 2.33. The van der Waals surface area contributed by atoms with Gasteiger partial charge in [-0.2, -0.15) is 0 Å². The van der Waals surface area contributed by atoms with Crippen molar-refractivity contribution in [2.45, 2.75) is 26.3 Å². The summed E-state index contributed by atoms with van der Waals surface area (Å²) < 4.78 is 0.728. The Hall–Kier alpha value is -0.880. The number of anilines is 2. The number of nitrogens with two attached hydrogens (primary N) is 1. The first-order valence-corrected chi connectivity index (χ1v) is 6.55. The number of rotatable bonds is 6. The Bertz CT molecular complexity index is 358. The molecule has 6 heteroatoms. The van der Waals surface area contributed by atoms with Gasteiger partial charge in [0.1, 0.15) is 22.4 Å². The van der Waals surface area contributed by atoms with E-state index in [-0.39, 0.29) is 0 Å². The number of likely N-dealkylation sites (N-methyl/N-ethyl adjacent to an activating group) is 1. The van der Waals surface area contributed by atoms with Crippen molar-refractivity contribution in [1.82, 2.24) is 14.9 Å². The lowest BCUT2D eigenvalue weighted by atomic mass is 10.2. The molecule has 0 aromatic carbocycles. The van der Waals surface area contributed by atoms with Crippen molar-refractivity contribution in [2.24, 2.45) is 0 Å². The number of nitrogen functional groups attached to an aromatic ring is 1. The Morgan fingerprint density at radius 2 is 2.24 bits per heavy atom. The van der Waals surface area contributed by atoms with Crippen LogP contribution < -0.4 is 11.1 Å². The van der Waals surface area contributed by atoms with Crippen molar-refractivity contribution in [2.75, 3.05) is 31.2 Å². The minimum absolute atomic E-state index is 0.456. The molecular weight excluding hydrogens is 282 g/mol. The van der Waals surface area contributed by atoms with Gasteiger partial charge >= 0.3 is 0 Å². The highest BCUT2D eigenvalue weighted by Gasteiger charge is 2.08. The fourth-order valence-corrected chi connectivity index (χ4v) is 1.73. The molecule has 3 N–H and O–H groups in total. The van der Waals surface area contributed by atoms with E-state index in [0.717, 1.165) is 29.8 Å². The van der Waals surface area contributed by atoms with E-state index in [4.69, 9.17) is 5.73 Å². The summed E-state index contributed by atoms with van der Waals surface area (Å²) in [4.78, 5) is 10.3. The van der Waals surface area contributed by atoms with Crippen LogP contribution in [0.3, 0.4) is 0 Å². The summed E-state index contributed by atoms with van der Waals surface area (Å²) in [6.45, 7) is 6.20. The zero-order valence-electron chi connectivity index (χ0n) is 10.6. The Morgan fingerprint density at radius 1 is 1.53 bits per heavy atom. The summed E-state index contributed by atoms with van der Waals surface area (Å²) >= 11 is 3.36. The van der Waals surface area contributed by atoms with Gasteiger partial charge in [-0.3, -0.25) is 0 Å². The molecule has 1 unspecified atom stereocenters.